The molecule has 0 spiro atoms. The fourth-order valence-corrected chi connectivity index (χ4v) is 11.7. The molecule has 7 N–H and O–H groups in total. The lowest BCUT2D eigenvalue weighted by Gasteiger charge is -2.46. The zero-order chi connectivity index (χ0) is 61.3. The Morgan fingerprint density at radius 2 is 0.976 bits per heavy atom. The molecule has 2 saturated heterocycles. The average Bonchev–Trinajstić information content (AvgIpc) is 1.80. The van der Waals surface area contributed by atoms with E-state index in [1.807, 2.05) is 0 Å². The van der Waals surface area contributed by atoms with Crippen LogP contribution in [0.4, 0.5) is 0 Å². The zero-order valence-corrected chi connectivity index (χ0v) is 53.3. The number of nitrogens with one attached hydrogen (secondary N) is 2. The molecule has 0 aromatic carbocycles. The number of aliphatic hydroxyl groups is 2. The Kier molecular flexibility index (Phi) is 47.6. The second-order valence-corrected chi connectivity index (χ2v) is 24.8. The van der Waals surface area contributed by atoms with Gasteiger partial charge in [0, 0.05) is 32.8 Å². The Labute approximate surface area is 506 Å². The van der Waals surface area contributed by atoms with Gasteiger partial charge in [0.2, 0.25) is 12.3 Å². The van der Waals surface area contributed by atoms with E-state index in [-0.39, 0.29) is 25.4 Å². The summed E-state index contributed by atoms with van der Waals surface area (Å²) in [6.45, 7) is 7.07. The van der Waals surface area contributed by atoms with Crippen LogP contribution < -0.4 is 10.6 Å². The normalized spacial score (nSPS) is 22.8. The standard InChI is InChI=1S/C64H119N2O17P/c1-4-7-10-13-16-19-21-22-24-29-34-39-44-77-45-40-35-30-26-27-32-37-42-47-79-61-57(65-51-68)64(82-53(49-67)59(61)83-84(74,75)76)80-50-54-58(71)60(78-46-41-36-31-25-20-17-14-11-8-5-2)56(62(81-54)63(72)73)66-55(70)48-52(69)43-38-33-28-23-18-15-12-9-6-3/h19,21,51,53-54,56-62,64,67,71H,4-18,20,22-50H2,1-3H3,(H,65,68)(H,66,70)(H,72,73)(H2,74,75,76)/b21-19-/t53-,54-,56-,57-,58-,59-,60-,61-,62+,64-/m1/s1. The summed E-state index contributed by atoms with van der Waals surface area (Å²) in [5.41, 5.74) is 0. The number of carbonyl (C=O) groups excluding carboxylic acids is 3. The molecule has 19 nitrogen and oxygen atoms in total. The molecule has 2 amide bonds. The minimum absolute atomic E-state index is 0.0991. The average molecular weight is 1220 g/mol. The number of carbonyl (C=O) groups is 4. The van der Waals surface area contributed by atoms with E-state index < -0.39 is 100 Å². The van der Waals surface area contributed by atoms with Crippen LogP contribution in [0.15, 0.2) is 12.2 Å². The zero-order valence-electron chi connectivity index (χ0n) is 52.4. The third-order valence-electron chi connectivity index (χ3n) is 16.1. The largest absolute Gasteiger partial charge is 0.479 e. The Morgan fingerprint density at radius 3 is 1.44 bits per heavy atom. The number of aliphatic hydroxyl groups excluding tert-OH is 2. The van der Waals surface area contributed by atoms with Gasteiger partial charge in [-0.15, -0.1) is 0 Å². The molecule has 2 fully saturated rings. The highest BCUT2D eigenvalue weighted by Gasteiger charge is 2.53. The first-order chi connectivity index (χ1) is 40.8. The molecular weight excluding hydrogens is 1100 g/mol. The summed E-state index contributed by atoms with van der Waals surface area (Å²) < 4.78 is 53.8. The fourth-order valence-electron chi connectivity index (χ4n) is 11.2. The number of carboxylic acids is 1. The lowest BCUT2D eigenvalue weighted by molar-refractivity contribution is -0.288. The first-order valence-corrected chi connectivity index (χ1v) is 35.0. The number of hydrogen-bond donors (Lipinski definition) is 7. The van der Waals surface area contributed by atoms with Gasteiger partial charge in [-0.25, -0.2) is 9.36 Å². The summed E-state index contributed by atoms with van der Waals surface area (Å²) in [6, 6.07) is -2.68. The molecule has 0 aromatic rings. The number of carboxylic acid groups (broad SMARTS) is 1. The van der Waals surface area contributed by atoms with Crippen LogP contribution in [0.3, 0.4) is 0 Å². The van der Waals surface area contributed by atoms with Gasteiger partial charge in [0.05, 0.1) is 25.7 Å². The van der Waals surface area contributed by atoms with Crippen molar-refractivity contribution in [3.05, 3.63) is 12.2 Å². The topological polar surface area (TPSA) is 275 Å². The van der Waals surface area contributed by atoms with Crippen molar-refractivity contribution in [3.63, 3.8) is 0 Å². The van der Waals surface area contributed by atoms with Crippen molar-refractivity contribution >= 4 is 31.9 Å². The number of ether oxygens (including phenoxy) is 6. The Hall–Kier alpha value is -2.39. The van der Waals surface area contributed by atoms with E-state index in [2.05, 4.69) is 43.6 Å². The number of unbranched alkanes of at least 4 members (excludes halogenated alkanes) is 32. The highest BCUT2D eigenvalue weighted by atomic mass is 31.2. The molecule has 84 heavy (non-hydrogen) atoms. The van der Waals surface area contributed by atoms with Crippen LogP contribution in [0.5, 0.6) is 0 Å². The predicted octanol–water partition coefficient (Wildman–Crippen LogP) is 12.2. The summed E-state index contributed by atoms with van der Waals surface area (Å²) in [5, 5.41) is 38.1. The van der Waals surface area contributed by atoms with E-state index in [1.54, 1.807) is 0 Å². The molecule has 0 aliphatic carbocycles. The first-order valence-electron chi connectivity index (χ1n) is 33.5. The van der Waals surface area contributed by atoms with Crippen LogP contribution in [0, 0.1) is 0 Å². The van der Waals surface area contributed by atoms with Crippen molar-refractivity contribution in [1.82, 2.24) is 10.6 Å². The molecule has 0 bridgehead atoms. The van der Waals surface area contributed by atoms with Gasteiger partial charge in [-0.05, 0) is 57.8 Å². The second kappa shape index (κ2) is 51.5. The van der Waals surface area contributed by atoms with Crippen LogP contribution >= 0.6 is 7.82 Å². The van der Waals surface area contributed by atoms with Gasteiger partial charge < -0.3 is 64.2 Å². The number of phosphoric ester groups is 1. The summed E-state index contributed by atoms with van der Waals surface area (Å²) in [7, 11) is -5.21. The molecule has 0 radical (unpaired) electrons. The van der Waals surface area contributed by atoms with Gasteiger partial charge >= 0.3 is 13.8 Å². The van der Waals surface area contributed by atoms with E-state index in [1.165, 1.54) is 116 Å². The van der Waals surface area contributed by atoms with Gasteiger partial charge in [-0.2, -0.15) is 0 Å². The smallest absolute Gasteiger partial charge is 0.470 e. The van der Waals surface area contributed by atoms with Gasteiger partial charge in [0.1, 0.15) is 48.4 Å². The van der Waals surface area contributed by atoms with E-state index in [0.717, 1.165) is 116 Å². The third-order valence-corrected chi connectivity index (χ3v) is 16.6. The van der Waals surface area contributed by atoms with E-state index in [0.29, 0.717) is 25.7 Å². The van der Waals surface area contributed by atoms with Gasteiger partial charge in [-0.3, -0.25) is 18.9 Å². The maximum Gasteiger partial charge on any atom is 0.470 e. The number of allylic oxidation sites excluding steroid dienone is 2. The van der Waals surface area contributed by atoms with Crippen LogP contribution in [0.2, 0.25) is 0 Å². The molecule has 2 heterocycles. The quantitative estimate of drug-likeness (QED) is 0.00980. The first kappa shape index (κ1) is 77.7. The van der Waals surface area contributed by atoms with Crippen LogP contribution in [0.1, 0.15) is 271 Å². The number of phosphoric acid groups is 1. The summed E-state index contributed by atoms with van der Waals surface area (Å²) in [6.07, 6.45) is 33.1. The minimum Gasteiger partial charge on any atom is -0.479 e. The van der Waals surface area contributed by atoms with Crippen LogP contribution in [-0.4, -0.2) is 150 Å². The van der Waals surface area contributed by atoms with Crippen molar-refractivity contribution in [2.24, 2.45) is 0 Å². The molecule has 2 rings (SSSR count). The van der Waals surface area contributed by atoms with E-state index in [9.17, 15) is 48.8 Å². The number of rotatable bonds is 58. The number of ketones is 1. The molecule has 492 valence electrons. The van der Waals surface area contributed by atoms with Crippen molar-refractivity contribution in [2.45, 2.75) is 332 Å². The van der Waals surface area contributed by atoms with Crippen molar-refractivity contribution in [3.8, 4) is 0 Å². The Balaban J connectivity index is 2.00. The van der Waals surface area contributed by atoms with Gasteiger partial charge in [0.25, 0.3) is 0 Å². The van der Waals surface area contributed by atoms with Crippen molar-refractivity contribution < 1.29 is 81.8 Å². The molecule has 20 heteroatoms. The fraction of sp³-hybridized carbons (Fsp3) is 0.906. The number of hydrogen-bond acceptors (Lipinski definition) is 14. The Morgan fingerprint density at radius 1 is 0.536 bits per heavy atom. The number of amides is 2. The van der Waals surface area contributed by atoms with Crippen LogP contribution in [-0.2, 0) is 56.7 Å². The highest BCUT2D eigenvalue weighted by Crippen LogP contribution is 2.42. The SMILES string of the molecule is CCCCCC/C=C\CCCCCCOCCCCCCCCCCO[C@@H]1[C@@H](NC=O)[C@H](OC[C@H]2O[C@H](C(=O)O)[C@H](NC(=O)CC(=O)CCCCCCCCCCC)[C@@H](OCCCCCCCCCCCC)[C@@H]2O)O[C@H](CO)[C@H]1OP(=O)(O)O. The molecule has 10 atom stereocenters. The summed E-state index contributed by atoms with van der Waals surface area (Å²) >= 11 is 0. The lowest BCUT2D eigenvalue weighted by atomic mass is 9.92. The van der Waals surface area contributed by atoms with Crippen LogP contribution in [0.25, 0.3) is 0 Å². The molecule has 0 aromatic heterocycles. The molecule has 2 aliphatic rings. The molecule has 0 saturated carbocycles. The monoisotopic (exact) mass is 1220 g/mol. The van der Waals surface area contributed by atoms with Gasteiger partial charge in [-0.1, -0.05) is 213 Å². The third kappa shape index (κ3) is 37.5. The maximum absolute atomic E-state index is 13.5. The maximum atomic E-state index is 13.5. The van der Waals surface area contributed by atoms with Gasteiger partial charge in [0.15, 0.2) is 12.4 Å². The molecule has 2 aliphatic heterocycles. The number of aliphatic carboxylic acids is 1. The lowest BCUT2D eigenvalue weighted by Crippen LogP contribution is -2.68. The van der Waals surface area contributed by atoms with Crippen molar-refractivity contribution in [1.29, 1.82) is 0 Å². The van der Waals surface area contributed by atoms with E-state index >= 15 is 0 Å². The molecular formula is C64H119N2O17P. The predicted molar refractivity (Wildman–Crippen MR) is 327 cm³/mol. The summed E-state index contributed by atoms with van der Waals surface area (Å²) in [5.74, 6) is -2.47. The van der Waals surface area contributed by atoms with Crippen molar-refractivity contribution in [2.75, 3.05) is 39.6 Å². The van der Waals surface area contributed by atoms with E-state index in [4.69, 9.17) is 32.9 Å². The highest BCUT2D eigenvalue weighted by molar-refractivity contribution is 7.46. The summed E-state index contributed by atoms with van der Waals surface area (Å²) in [4.78, 5) is 71.4. The Bertz CT molecular complexity index is 1710. The molecule has 0 unspecified atom stereocenters. The second-order valence-electron chi connectivity index (χ2n) is 23.6. The minimum atomic E-state index is -5.21. The number of Topliss-reactive ketones (excluding diaryl/α,β-unsaturated/α-hetero) is 1.